The summed E-state index contributed by atoms with van der Waals surface area (Å²) in [5.41, 5.74) is 0.820. The van der Waals surface area contributed by atoms with Gasteiger partial charge in [0.1, 0.15) is 6.61 Å². The largest absolute Gasteiger partial charge is 0.476 e. The van der Waals surface area contributed by atoms with Crippen molar-refractivity contribution in [1.29, 1.82) is 0 Å². The molecule has 0 aliphatic carbocycles. The fourth-order valence-electron chi connectivity index (χ4n) is 2.58. The molecule has 20 heavy (non-hydrogen) atoms. The maximum atomic E-state index is 5.94. The molecule has 1 aliphatic heterocycles. The number of hydrogen-bond acceptors (Lipinski definition) is 4. The van der Waals surface area contributed by atoms with Gasteiger partial charge in [0.2, 0.25) is 11.2 Å². The highest BCUT2D eigenvalue weighted by Gasteiger charge is 2.11. The van der Waals surface area contributed by atoms with Gasteiger partial charge in [-0.3, -0.25) is 4.90 Å². The zero-order valence-electron chi connectivity index (χ0n) is 11.4. The molecule has 0 atom stereocenters. The van der Waals surface area contributed by atoms with E-state index in [9.17, 15) is 0 Å². The van der Waals surface area contributed by atoms with E-state index in [-0.39, 0.29) is 5.28 Å². The van der Waals surface area contributed by atoms with Crippen LogP contribution in [0.25, 0.3) is 10.9 Å². The summed E-state index contributed by atoms with van der Waals surface area (Å²) in [4.78, 5) is 10.8. The zero-order chi connectivity index (χ0) is 13.8. The van der Waals surface area contributed by atoms with E-state index in [0.29, 0.717) is 12.5 Å². The topological polar surface area (TPSA) is 38.2 Å². The van der Waals surface area contributed by atoms with Gasteiger partial charge in [0.25, 0.3) is 0 Å². The number of benzene rings is 1. The van der Waals surface area contributed by atoms with Crippen molar-refractivity contribution in [2.75, 3.05) is 26.2 Å². The van der Waals surface area contributed by atoms with Gasteiger partial charge in [-0.1, -0.05) is 18.6 Å². The lowest BCUT2D eigenvalue weighted by molar-refractivity contribution is 0.181. The summed E-state index contributed by atoms with van der Waals surface area (Å²) in [5, 5.41) is 1.15. The molecule has 0 bridgehead atoms. The van der Waals surface area contributed by atoms with Crippen LogP contribution in [0.1, 0.15) is 19.3 Å². The van der Waals surface area contributed by atoms with Crippen LogP contribution in [0.3, 0.4) is 0 Å². The molecule has 2 aromatic rings. The van der Waals surface area contributed by atoms with Gasteiger partial charge in [-0.25, -0.2) is 4.98 Å². The summed E-state index contributed by atoms with van der Waals surface area (Å²) < 4.78 is 5.83. The number of para-hydroxylation sites is 1. The third-order valence-electron chi connectivity index (χ3n) is 3.64. The van der Waals surface area contributed by atoms with Crippen LogP contribution < -0.4 is 4.74 Å². The Hall–Kier alpha value is -1.39. The Kier molecular flexibility index (Phi) is 4.33. The van der Waals surface area contributed by atoms with Crippen molar-refractivity contribution in [1.82, 2.24) is 14.9 Å². The molecule has 1 fully saturated rings. The second-order valence-corrected chi connectivity index (χ2v) is 5.40. The van der Waals surface area contributed by atoms with Crippen LogP contribution in [0.2, 0.25) is 5.28 Å². The monoisotopic (exact) mass is 291 g/mol. The first-order chi connectivity index (χ1) is 9.83. The molecule has 0 N–H and O–H groups in total. The highest BCUT2D eigenvalue weighted by molar-refractivity contribution is 6.28. The maximum Gasteiger partial charge on any atom is 0.226 e. The number of fused-ring (bicyclic) bond motifs is 1. The molecule has 0 unspecified atom stereocenters. The van der Waals surface area contributed by atoms with Crippen molar-refractivity contribution in [2.45, 2.75) is 19.3 Å². The minimum Gasteiger partial charge on any atom is -0.476 e. The molecule has 1 aromatic carbocycles. The van der Waals surface area contributed by atoms with E-state index in [4.69, 9.17) is 16.3 Å². The first-order valence-electron chi connectivity index (χ1n) is 7.10. The van der Waals surface area contributed by atoms with E-state index >= 15 is 0 Å². The Morgan fingerprint density at radius 2 is 1.90 bits per heavy atom. The van der Waals surface area contributed by atoms with E-state index < -0.39 is 0 Å². The number of ether oxygens (including phenoxy) is 1. The fraction of sp³-hybridized carbons (Fsp3) is 0.467. The first-order valence-corrected chi connectivity index (χ1v) is 7.48. The van der Waals surface area contributed by atoms with Crippen LogP contribution in [0.5, 0.6) is 5.88 Å². The number of nitrogens with zero attached hydrogens (tertiary/aromatic N) is 3. The Bertz CT molecular complexity index is 584. The van der Waals surface area contributed by atoms with E-state index in [0.717, 1.165) is 17.4 Å². The smallest absolute Gasteiger partial charge is 0.226 e. The highest BCUT2D eigenvalue weighted by Crippen LogP contribution is 2.23. The highest BCUT2D eigenvalue weighted by atomic mass is 35.5. The average molecular weight is 292 g/mol. The van der Waals surface area contributed by atoms with Gasteiger partial charge in [0.15, 0.2) is 0 Å². The molecule has 1 aromatic heterocycles. The molecule has 106 valence electrons. The lowest BCUT2D eigenvalue weighted by atomic mass is 10.1. The quantitative estimate of drug-likeness (QED) is 0.811. The minimum atomic E-state index is 0.233. The second-order valence-electron chi connectivity index (χ2n) is 5.07. The minimum absolute atomic E-state index is 0.233. The Labute approximate surface area is 123 Å². The predicted molar refractivity (Wildman–Crippen MR) is 80.3 cm³/mol. The lowest BCUT2D eigenvalue weighted by Crippen LogP contribution is -2.33. The Morgan fingerprint density at radius 1 is 1.10 bits per heavy atom. The molecular weight excluding hydrogens is 274 g/mol. The Balaban J connectivity index is 1.67. The molecule has 0 spiro atoms. The van der Waals surface area contributed by atoms with E-state index in [2.05, 4.69) is 14.9 Å². The number of hydrogen-bond donors (Lipinski definition) is 0. The van der Waals surface area contributed by atoms with E-state index in [1.54, 1.807) is 0 Å². The van der Waals surface area contributed by atoms with Crippen molar-refractivity contribution >= 4 is 22.5 Å². The summed E-state index contributed by atoms with van der Waals surface area (Å²) in [6.07, 6.45) is 3.94. The molecular formula is C15H18ClN3O. The van der Waals surface area contributed by atoms with Crippen LogP contribution in [0, 0.1) is 0 Å². The maximum absolute atomic E-state index is 5.94. The van der Waals surface area contributed by atoms with Gasteiger partial charge in [-0.2, -0.15) is 4.98 Å². The molecule has 5 heteroatoms. The van der Waals surface area contributed by atoms with Gasteiger partial charge in [0.05, 0.1) is 10.9 Å². The standard InChI is InChI=1S/C15H18ClN3O/c16-15-17-13-7-3-2-6-12(13)14(18-15)20-11-10-19-8-4-1-5-9-19/h2-3,6-7H,1,4-5,8-11H2. The summed E-state index contributed by atoms with van der Waals surface area (Å²) in [6, 6.07) is 7.77. The average Bonchev–Trinajstić information content (AvgIpc) is 2.48. The van der Waals surface area contributed by atoms with Crippen LogP contribution in [-0.2, 0) is 0 Å². The summed E-state index contributed by atoms with van der Waals surface area (Å²) in [6.45, 7) is 3.93. The first kappa shape index (κ1) is 13.6. The predicted octanol–water partition coefficient (Wildman–Crippen LogP) is 3.15. The lowest BCUT2D eigenvalue weighted by Gasteiger charge is -2.26. The summed E-state index contributed by atoms with van der Waals surface area (Å²) in [5.74, 6) is 0.581. The van der Waals surface area contributed by atoms with Crippen molar-refractivity contribution < 1.29 is 4.74 Å². The zero-order valence-corrected chi connectivity index (χ0v) is 12.1. The number of likely N-dealkylation sites (tertiary alicyclic amines) is 1. The van der Waals surface area contributed by atoms with Gasteiger partial charge in [0, 0.05) is 6.54 Å². The van der Waals surface area contributed by atoms with Gasteiger partial charge in [-0.15, -0.1) is 0 Å². The van der Waals surface area contributed by atoms with E-state index in [1.165, 1.54) is 32.4 Å². The number of aromatic nitrogens is 2. The van der Waals surface area contributed by atoms with E-state index in [1.807, 2.05) is 24.3 Å². The SMILES string of the molecule is Clc1nc(OCCN2CCCCC2)c2ccccc2n1. The number of rotatable bonds is 4. The third kappa shape index (κ3) is 3.19. The van der Waals surface area contributed by atoms with Gasteiger partial charge < -0.3 is 4.74 Å². The number of piperidine rings is 1. The molecule has 1 aliphatic rings. The van der Waals surface area contributed by atoms with Crippen molar-refractivity contribution in [3.8, 4) is 5.88 Å². The summed E-state index contributed by atoms with van der Waals surface area (Å²) in [7, 11) is 0. The van der Waals surface area contributed by atoms with Crippen molar-refractivity contribution in [3.05, 3.63) is 29.5 Å². The van der Waals surface area contributed by atoms with Crippen LogP contribution in [-0.4, -0.2) is 41.1 Å². The molecule has 4 nitrogen and oxygen atoms in total. The second kappa shape index (κ2) is 6.37. The summed E-state index contributed by atoms with van der Waals surface area (Å²) >= 11 is 5.94. The van der Waals surface area contributed by atoms with Crippen LogP contribution >= 0.6 is 11.6 Å². The van der Waals surface area contributed by atoms with Crippen LogP contribution in [0.15, 0.2) is 24.3 Å². The van der Waals surface area contributed by atoms with Gasteiger partial charge in [-0.05, 0) is 49.7 Å². The molecule has 0 radical (unpaired) electrons. The molecule has 2 heterocycles. The van der Waals surface area contributed by atoms with Gasteiger partial charge >= 0.3 is 0 Å². The van der Waals surface area contributed by atoms with Crippen molar-refractivity contribution in [3.63, 3.8) is 0 Å². The fourth-order valence-corrected chi connectivity index (χ4v) is 2.75. The molecule has 3 rings (SSSR count). The molecule has 0 amide bonds. The normalized spacial score (nSPS) is 16.4. The Morgan fingerprint density at radius 3 is 2.75 bits per heavy atom. The molecule has 1 saturated heterocycles. The van der Waals surface area contributed by atoms with Crippen LogP contribution in [0.4, 0.5) is 0 Å². The third-order valence-corrected chi connectivity index (χ3v) is 3.80. The number of halogens is 1. The van der Waals surface area contributed by atoms with Crippen molar-refractivity contribution in [2.24, 2.45) is 0 Å². The molecule has 0 saturated carbocycles.